The molecule has 17 heavy (non-hydrogen) atoms. The number of hydrogen-bond donors (Lipinski definition) is 1. The van der Waals surface area contributed by atoms with Crippen LogP contribution in [0, 0.1) is 6.92 Å². The normalized spacial score (nSPS) is 12.5. The van der Waals surface area contributed by atoms with Crippen molar-refractivity contribution in [3.63, 3.8) is 0 Å². The number of hydrogen-bond acceptors (Lipinski definition) is 2. The van der Waals surface area contributed by atoms with E-state index in [1.54, 1.807) is 11.3 Å². The highest BCUT2D eigenvalue weighted by Gasteiger charge is 2.08. The van der Waals surface area contributed by atoms with Crippen LogP contribution in [0.2, 0.25) is 4.34 Å². The Kier molecular flexibility index (Phi) is 4.13. The highest BCUT2D eigenvalue weighted by molar-refractivity contribution is 9.10. The van der Waals surface area contributed by atoms with E-state index in [9.17, 15) is 0 Å². The molecule has 0 radical (unpaired) electrons. The fourth-order valence-corrected chi connectivity index (χ4v) is 2.93. The highest BCUT2D eigenvalue weighted by atomic mass is 79.9. The summed E-state index contributed by atoms with van der Waals surface area (Å²) in [5.74, 6) is 0. The molecule has 0 saturated heterocycles. The zero-order valence-electron chi connectivity index (χ0n) is 9.63. The van der Waals surface area contributed by atoms with Gasteiger partial charge in [-0.1, -0.05) is 27.5 Å². The van der Waals surface area contributed by atoms with Crippen LogP contribution in [0.25, 0.3) is 0 Å². The van der Waals surface area contributed by atoms with Crippen LogP contribution in [-0.2, 0) is 0 Å². The van der Waals surface area contributed by atoms with Gasteiger partial charge in [0.1, 0.15) is 0 Å². The molecule has 0 aliphatic heterocycles. The monoisotopic (exact) mass is 329 g/mol. The summed E-state index contributed by atoms with van der Waals surface area (Å²) in [5, 5.41) is 3.47. The Morgan fingerprint density at radius 2 is 2.06 bits per heavy atom. The molecule has 4 heteroatoms. The van der Waals surface area contributed by atoms with Gasteiger partial charge in [0.15, 0.2) is 0 Å². The fraction of sp³-hybridized carbons (Fsp3) is 0.231. The van der Waals surface area contributed by atoms with E-state index in [0.717, 1.165) is 14.5 Å². The zero-order chi connectivity index (χ0) is 12.4. The van der Waals surface area contributed by atoms with Crippen molar-refractivity contribution in [2.75, 3.05) is 5.32 Å². The third kappa shape index (κ3) is 3.24. The predicted octanol–water partition coefficient (Wildman–Crippen LogP) is 5.65. The lowest BCUT2D eigenvalue weighted by atomic mass is 10.2. The first-order chi connectivity index (χ1) is 8.06. The van der Waals surface area contributed by atoms with E-state index in [2.05, 4.69) is 59.4 Å². The van der Waals surface area contributed by atoms with Crippen LogP contribution in [0.3, 0.4) is 0 Å². The van der Waals surface area contributed by atoms with Gasteiger partial charge in [0.25, 0.3) is 0 Å². The van der Waals surface area contributed by atoms with Crippen molar-refractivity contribution in [1.29, 1.82) is 0 Å². The second-order valence-electron chi connectivity index (χ2n) is 3.97. The smallest absolute Gasteiger partial charge is 0.0932 e. The van der Waals surface area contributed by atoms with E-state index < -0.39 is 0 Å². The second-order valence-corrected chi connectivity index (χ2v) is 6.57. The van der Waals surface area contributed by atoms with Gasteiger partial charge < -0.3 is 5.32 Å². The lowest BCUT2D eigenvalue weighted by Gasteiger charge is -2.14. The first-order valence-electron chi connectivity index (χ1n) is 5.34. The maximum atomic E-state index is 5.94. The van der Waals surface area contributed by atoms with E-state index in [1.165, 1.54) is 10.4 Å². The minimum atomic E-state index is 0.271. The molecule has 0 amide bonds. The minimum absolute atomic E-state index is 0.271. The van der Waals surface area contributed by atoms with Crippen molar-refractivity contribution >= 4 is 44.6 Å². The number of nitrogens with one attached hydrogen (secondary N) is 1. The van der Waals surface area contributed by atoms with E-state index in [1.807, 2.05) is 6.07 Å². The molecule has 1 nitrogen and oxygen atoms in total. The van der Waals surface area contributed by atoms with Crippen molar-refractivity contribution in [2.24, 2.45) is 0 Å². The summed E-state index contributed by atoms with van der Waals surface area (Å²) < 4.78 is 1.97. The summed E-state index contributed by atoms with van der Waals surface area (Å²) >= 11 is 11.1. The first kappa shape index (κ1) is 12.9. The molecule has 0 saturated carbocycles. The third-order valence-corrected chi connectivity index (χ3v) is 4.87. The molecule has 0 aliphatic rings. The van der Waals surface area contributed by atoms with Gasteiger partial charge in [-0.25, -0.2) is 0 Å². The van der Waals surface area contributed by atoms with Gasteiger partial charge in [0, 0.05) is 15.0 Å². The van der Waals surface area contributed by atoms with E-state index in [4.69, 9.17) is 11.6 Å². The molecule has 90 valence electrons. The van der Waals surface area contributed by atoms with Gasteiger partial charge in [0.05, 0.1) is 10.4 Å². The van der Waals surface area contributed by atoms with Gasteiger partial charge in [-0.3, -0.25) is 0 Å². The topological polar surface area (TPSA) is 12.0 Å². The molecule has 0 fully saturated rings. The molecule has 1 aromatic heterocycles. The Morgan fingerprint density at radius 1 is 1.29 bits per heavy atom. The van der Waals surface area contributed by atoms with Crippen LogP contribution in [0.4, 0.5) is 5.69 Å². The van der Waals surface area contributed by atoms with E-state index in [0.29, 0.717) is 0 Å². The third-order valence-electron chi connectivity index (χ3n) is 2.56. The molecule has 1 N–H and O–H groups in total. The molecule has 1 unspecified atom stereocenters. The van der Waals surface area contributed by atoms with E-state index >= 15 is 0 Å². The number of anilines is 1. The summed E-state index contributed by atoms with van der Waals surface area (Å²) in [6.07, 6.45) is 0. The number of aryl methyl sites for hydroxylation is 1. The summed E-state index contributed by atoms with van der Waals surface area (Å²) in [6, 6.07) is 10.5. The average molecular weight is 331 g/mol. The summed E-state index contributed by atoms with van der Waals surface area (Å²) in [4.78, 5) is 1.25. The number of halogens is 2. The summed E-state index contributed by atoms with van der Waals surface area (Å²) in [7, 11) is 0. The second kappa shape index (κ2) is 5.42. The molecular formula is C13H13BrClNS. The Balaban J connectivity index is 2.12. The van der Waals surface area contributed by atoms with Crippen molar-refractivity contribution in [2.45, 2.75) is 19.9 Å². The van der Waals surface area contributed by atoms with Gasteiger partial charge in [-0.05, 0) is 49.7 Å². The molecule has 0 spiro atoms. The number of thiophene rings is 1. The fourth-order valence-electron chi connectivity index (χ4n) is 1.62. The molecule has 1 aromatic carbocycles. The quantitative estimate of drug-likeness (QED) is 0.767. The van der Waals surface area contributed by atoms with Crippen LogP contribution in [-0.4, -0.2) is 0 Å². The van der Waals surface area contributed by atoms with Crippen LogP contribution in [0.15, 0.2) is 34.8 Å². The van der Waals surface area contributed by atoms with Gasteiger partial charge in [-0.2, -0.15) is 0 Å². The van der Waals surface area contributed by atoms with Crippen LogP contribution >= 0.6 is 38.9 Å². The molecule has 0 aliphatic carbocycles. The average Bonchev–Trinajstić information content (AvgIpc) is 2.70. The van der Waals surface area contributed by atoms with Crippen molar-refractivity contribution < 1.29 is 0 Å². The van der Waals surface area contributed by atoms with E-state index in [-0.39, 0.29) is 6.04 Å². The number of benzene rings is 1. The Bertz CT molecular complexity index is 524. The maximum Gasteiger partial charge on any atom is 0.0932 e. The van der Waals surface area contributed by atoms with Crippen molar-refractivity contribution in [3.05, 3.63) is 49.6 Å². The largest absolute Gasteiger partial charge is 0.378 e. The molecule has 2 rings (SSSR count). The van der Waals surface area contributed by atoms with Crippen molar-refractivity contribution in [3.8, 4) is 0 Å². The van der Waals surface area contributed by atoms with Crippen LogP contribution < -0.4 is 5.32 Å². The lowest BCUT2D eigenvalue weighted by molar-refractivity contribution is 0.907. The molecule has 0 bridgehead atoms. The standard InChI is InChI=1S/C13H13BrClNS/c1-8-7-10(3-4-11(8)14)16-9(2)12-5-6-13(15)17-12/h3-7,9,16H,1-2H3. The molecular weight excluding hydrogens is 318 g/mol. The van der Waals surface area contributed by atoms with Crippen LogP contribution in [0.1, 0.15) is 23.4 Å². The summed E-state index contributed by atoms with van der Waals surface area (Å²) in [6.45, 7) is 4.22. The van der Waals surface area contributed by atoms with Crippen LogP contribution in [0.5, 0.6) is 0 Å². The summed E-state index contributed by atoms with van der Waals surface area (Å²) in [5.41, 5.74) is 2.36. The highest BCUT2D eigenvalue weighted by Crippen LogP contribution is 2.29. The Labute approximate surface area is 119 Å². The lowest BCUT2D eigenvalue weighted by Crippen LogP contribution is -2.04. The van der Waals surface area contributed by atoms with Gasteiger partial charge in [0.2, 0.25) is 0 Å². The molecule has 1 heterocycles. The SMILES string of the molecule is Cc1cc(NC(C)c2ccc(Cl)s2)ccc1Br. The first-order valence-corrected chi connectivity index (χ1v) is 7.33. The Morgan fingerprint density at radius 3 is 2.65 bits per heavy atom. The molecule has 1 atom stereocenters. The Hall–Kier alpha value is -0.510. The van der Waals surface area contributed by atoms with Gasteiger partial charge in [-0.15, -0.1) is 11.3 Å². The zero-order valence-corrected chi connectivity index (χ0v) is 12.8. The maximum absolute atomic E-state index is 5.94. The predicted molar refractivity (Wildman–Crippen MR) is 80.2 cm³/mol. The minimum Gasteiger partial charge on any atom is -0.378 e. The van der Waals surface area contributed by atoms with Gasteiger partial charge >= 0.3 is 0 Å². The number of rotatable bonds is 3. The van der Waals surface area contributed by atoms with Crippen molar-refractivity contribution in [1.82, 2.24) is 0 Å². The molecule has 2 aromatic rings.